The third kappa shape index (κ3) is 4.47. The smallest absolute Gasteiger partial charge is 0.251 e. The Morgan fingerprint density at radius 1 is 1.17 bits per heavy atom. The Morgan fingerprint density at radius 2 is 1.83 bits per heavy atom. The van der Waals surface area contributed by atoms with Gasteiger partial charge in [-0.1, -0.05) is 24.3 Å². The molecule has 2 aromatic rings. The molecule has 0 atom stereocenters. The van der Waals surface area contributed by atoms with E-state index in [-0.39, 0.29) is 11.9 Å². The number of hydrogen-bond acceptors (Lipinski definition) is 4. The molecule has 0 aliphatic rings. The van der Waals surface area contributed by atoms with Crippen LogP contribution >= 0.6 is 0 Å². The molecule has 2 aromatic carbocycles. The molecule has 5 nitrogen and oxygen atoms in total. The standard InChI is InChI=1S/C18H23N3O2/c1-13(2)20-18(22)15-10-8-14(9-11-15)12-21(19)16-6-4-5-7-17(16)23-3/h4-11,13H,12,19H2,1-3H3,(H,20,22). The molecule has 0 unspecified atom stereocenters. The van der Waals surface area contributed by atoms with Crippen molar-refractivity contribution in [1.82, 2.24) is 5.32 Å². The topological polar surface area (TPSA) is 67.6 Å². The number of carbonyl (C=O) groups is 1. The molecule has 1 amide bonds. The van der Waals surface area contributed by atoms with Gasteiger partial charge in [-0.25, -0.2) is 5.84 Å². The average molecular weight is 313 g/mol. The summed E-state index contributed by atoms with van der Waals surface area (Å²) in [6.45, 7) is 4.39. The summed E-state index contributed by atoms with van der Waals surface area (Å²) in [6, 6.07) is 15.1. The molecule has 5 heteroatoms. The molecular formula is C18H23N3O2. The lowest BCUT2D eigenvalue weighted by molar-refractivity contribution is 0.0943. The minimum absolute atomic E-state index is 0.0686. The van der Waals surface area contributed by atoms with Crippen molar-refractivity contribution in [3.05, 3.63) is 59.7 Å². The SMILES string of the molecule is COc1ccccc1N(N)Cc1ccc(C(=O)NC(C)C)cc1. The maximum Gasteiger partial charge on any atom is 0.251 e. The van der Waals surface area contributed by atoms with Crippen LogP contribution in [0.1, 0.15) is 29.8 Å². The molecule has 0 saturated heterocycles. The highest BCUT2D eigenvalue weighted by atomic mass is 16.5. The number of amides is 1. The first kappa shape index (κ1) is 16.8. The molecule has 23 heavy (non-hydrogen) atoms. The minimum atomic E-state index is -0.0686. The van der Waals surface area contributed by atoms with Crippen LogP contribution in [0.3, 0.4) is 0 Å². The summed E-state index contributed by atoms with van der Waals surface area (Å²) < 4.78 is 5.32. The molecule has 0 aliphatic heterocycles. The normalized spacial score (nSPS) is 10.5. The van der Waals surface area contributed by atoms with Gasteiger partial charge >= 0.3 is 0 Å². The summed E-state index contributed by atoms with van der Waals surface area (Å²) in [5, 5.41) is 4.50. The van der Waals surface area contributed by atoms with Gasteiger partial charge < -0.3 is 15.1 Å². The lowest BCUT2D eigenvalue weighted by atomic mass is 10.1. The first-order chi connectivity index (χ1) is 11.0. The van der Waals surface area contributed by atoms with Gasteiger partial charge in [-0.3, -0.25) is 4.79 Å². The molecule has 122 valence electrons. The highest BCUT2D eigenvalue weighted by molar-refractivity contribution is 5.94. The third-order valence-corrected chi connectivity index (χ3v) is 3.38. The van der Waals surface area contributed by atoms with Crippen LogP contribution in [0.4, 0.5) is 5.69 Å². The lowest BCUT2D eigenvalue weighted by Gasteiger charge is -2.21. The zero-order valence-corrected chi connectivity index (χ0v) is 13.7. The summed E-state index contributed by atoms with van der Waals surface area (Å²) in [6.07, 6.45) is 0. The van der Waals surface area contributed by atoms with Crippen LogP contribution < -0.4 is 20.9 Å². The zero-order chi connectivity index (χ0) is 16.8. The second-order valence-corrected chi connectivity index (χ2v) is 5.62. The van der Waals surface area contributed by atoms with E-state index in [2.05, 4.69) is 5.32 Å². The predicted molar refractivity (Wildman–Crippen MR) is 92.4 cm³/mol. The van der Waals surface area contributed by atoms with Crippen molar-refractivity contribution in [3.63, 3.8) is 0 Å². The largest absolute Gasteiger partial charge is 0.495 e. The predicted octanol–water partition coefficient (Wildman–Crippen LogP) is 2.71. The van der Waals surface area contributed by atoms with Crippen LogP contribution in [0.25, 0.3) is 0 Å². The number of carbonyl (C=O) groups excluding carboxylic acids is 1. The van der Waals surface area contributed by atoms with Gasteiger partial charge in [0.25, 0.3) is 5.91 Å². The van der Waals surface area contributed by atoms with E-state index < -0.39 is 0 Å². The molecule has 0 saturated carbocycles. The Labute approximate surface area is 137 Å². The second kappa shape index (κ2) is 7.65. The summed E-state index contributed by atoms with van der Waals surface area (Å²) in [5.41, 5.74) is 2.47. The fourth-order valence-electron chi connectivity index (χ4n) is 2.26. The van der Waals surface area contributed by atoms with Crippen LogP contribution in [0.15, 0.2) is 48.5 Å². The van der Waals surface area contributed by atoms with E-state index in [0.717, 1.165) is 17.0 Å². The van der Waals surface area contributed by atoms with Crippen molar-refractivity contribution >= 4 is 11.6 Å². The lowest BCUT2D eigenvalue weighted by Crippen LogP contribution is -2.31. The minimum Gasteiger partial charge on any atom is -0.495 e. The number of ether oxygens (including phenoxy) is 1. The van der Waals surface area contributed by atoms with E-state index in [1.54, 1.807) is 12.1 Å². The van der Waals surface area contributed by atoms with Crippen LogP contribution in [0.5, 0.6) is 5.75 Å². The molecule has 0 bridgehead atoms. The zero-order valence-electron chi connectivity index (χ0n) is 13.7. The number of methoxy groups -OCH3 is 1. The quantitative estimate of drug-likeness (QED) is 0.635. The molecule has 0 heterocycles. The number of nitrogens with two attached hydrogens (primary N) is 1. The molecule has 0 spiro atoms. The fourth-order valence-corrected chi connectivity index (χ4v) is 2.26. The Hall–Kier alpha value is -2.53. The summed E-state index contributed by atoms with van der Waals surface area (Å²) in [5.74, 6) is 6.80. The number of rotatable bonds is 6. The number of benzene rings is 2. The van der Waals surface area contributed by atoms with Gasteiger partial charge in [0.2, 0.25) is 0 Å². The van der Waals surface area contributed by atoms with Crippen molar-refractivity contribution in [3.8, 4) is 5.75 Å². The Balaban J connectivity index is 2.07. The van der Waals surface area contributed by atoms with Crippen molar-refractivity contribution < 1.29 is 9.53 Å². The third-order valence-electron chi connectivity index (χ3n) is 3.38. The van der Waals surface area contributed by atoms with E-state index in [1.165, 1.54) is 0 Å². The van der Waals surface area contributed by atoms with Gasteiger partial charge in [0.15, 0.2) is 0 Å². The first-order valence-electron chi connectivity index (χ1n) is 7.56. The molecule has 0 aliphatic carbocycles. The Kier molecular flexibility index (Phi) is 5.60. The van der Waals surface area contributed by atoms with E-state index in [0.29, 0.717) is 12.1 Å². The number of para-hydroxylation sites is 2. The molecule has 2 rings (SSSR count). The summed E-state index contributed by atoms with van der Waals surface area (Å²) in [4.78, 5) is 11.9. The van der Waals surface area contributed by atoms with E-state index in [9.17, 15) is 4.79 Å². The van der Waals surface area contributed by atoms with Crippen LogP contribution in [0, 0.1) is 0 Å². The molecular weight excluding hydrogens is 290 g/mol. The summed E-state index contributed by atoms with van der Waals surface area (Å²) >= 11 is 0. The van der Waals surface area contributed by atoms with Gasteiger partial charge in [0.05, 0.1) is 19.3 Å². The average Bonchev–Trinajstić information content (AvgIpc) is 2.54. The van der Waals surface area contributed by atoms with Crippen molar-refractivity contribution in [2.45, 2.75) is 26.4 Å². The van der Waals surface area contributed by atoms with Gasteiger partial charge in [0, 0.05) is 11.6 Å². The van der Waals surface area contributed by atoms with Crippen LogP contribution in [-0.4, -0.2) is 19.1 Å². The van der Waals surface area contributed by atoms with Gasteiger partial charge in [0.1, 0.15) is 5.75 Å². The number of hydrazine groups is 1. The number of nitrogens with one attached hydrogen (secondary N) is 1. The highest BCUT2D eigenvalue weighted by Gasteiger charge is 2.10. The Morgan fingerprint density at radius 3 is 2.43 bits per heavy atom. The molecule has 0 fully saturated rings. The number of hydrogen-bond donors (Lipinski definition) is 2. The number of anilines is 1. The van der Waals surface area contributed by atoms with Crippen LogP contribution in [0.2, 0.25) is 0 Å². The molecule has 0 radical (unpaired) electrons. The summed E-state index contributed by atoms with van der Waals surface area (Å²) in [7, 11) is 1.62. The van der Waals surface area contributed by atoms with Crippen LogP contribution in [-0.2, 0) is 6.54 Å². The highest BCUT2D eigenvalue weighted by Crippen LogP contribution is 2.26. The maximum atomic E-state index is 11.9. The molecule has 0 aromatic heterocycles. The van der Waals surface area contributed by atoms with E-state index in [1.807, 2.05) is 62.4 Å². The van der Waals surface area contributed by atoms with E-state index >= 15 is 0 Å². The monoisotopic (exact) mass is 313 g/mol. The van der Waals surface area contributed by atoms with Gasteiger partial charge in [-0.15, -0.1) is 0 Å². The Bertz CT molecular complexity index is 654. The van der Waals surface area contributed by atoms with Gasteiger partial charge in [-0.05, 0) is 43.7 Å². The van der Waals surface area contributed by atoms with Gasteiger partial charge in [-0.2, -0.15) is 0 Å². The van der Waals surface area contributed by atoms with Crippen molar-refractivity contribution in [2.24, 2.45) is 5.84 Å². The van der Waals surface area contributed by atoms with Crippen molar-refractivity contribution in [2.75, 3.05) is 12.1 Å². The molecule has 3 N–H and O–H groups in total. The second-order valence-electron chi connectivity index (χ2n) is 5.62. The maximum absolute atomic E-state index is 11.9. The number of nitrogens with zero attached hydrogens (tertiary/aromatic N) is 1. The van der Waals surface area contributed by atoms with Crippen molar-refractivity contribution in [1.29, 1.82) is 0 Å². The van der Waals surface area contributed by atoms with E-state index in [4.69, 9.17) is 10.6 Å². The first-order valence-corrected chi connectivity index (χ1v) is 7.56. The fraction of sp³-hybridized carbons (Fsp3) is 0.278.